The lowest BCUT2D eigenvalue weighted by atomic mass is 10.2. The highest BCUT2D eigenvalue weighted by molar-refractivity contribution is 7.89. The summed E-state index contributed by atoms with van der Waals surface area (Å²) in [6.45, 7) is 4.26. The number of hydrogen-bond acceptors (Lipinski definition) is 2. The van der Waals surface area contributed by atoms with Crippen molar-refractivity contribution >= 4 is 32.5 Å². The van der Waals surface area contributed by atoms with Crippen LogP contribution < -0.4 is 0 Å². The Morgan fingerprint density at radius 2 is 1.77 bits per heavy atom. The first-order chi connectivity index (χ1) is 12.3. The van der Waals surface area contributed by atoms with Crippen LogP contribution in [0, 0.1) is 0 Å². The topological polar surface area (TPSA) is 42.3 Å². The van der Waals surface area contributed by atoms with Gasteiger partial charge in [-0.3, -0.25) is 0 Å². The van der Waals surface area contributed by atoms with Crippen molar-refractivity contribution < 1.29 is 8.42 Å². The van der Waals surface area contributed by atoms with Crippen molar-refractivity contribution in [2.24, 2.45) is 7.05 Å². The summed E-state index contributed by atoms with van der Waals surface area (Å²) in [5, 5.41) is 1.63. The molecule has 1 heterocycles. The second-order valence-corrected chi connectivity index (χ2v) is 8.84. The molecule has 0 aliphatic rings. The predicted molar refractivity (Wildman–Crippen MR) is 107 cm³/mol. The Balaban J connectivity index is 2.03. The second-order valence-electron chi connectivity index (χ2n) is 6.51. The zero-order chi connectivity index (χ0) is 18.9. The van der Waals surface area contributed by atoms with Gasteiger partial charge in [0.05, 0.1) is 11.4 Å². The minimum atomic E-state index is -3.62. The molecule has 0 spiro atoms. The van der Waals surface area contributed by atoms with E-state index in [1.165, 1.54) is 0 Å². The lowest BCUT2D eigenvalue weighted by Crippen LogP contribution is -2.38. The maximum Gasteiger partial charge on any atom is 0.243 e. The Kier molecular flexibility index (Phi) is 5.42. The first-order valence-corrected chi connectivity index (χ1v) is 10.5. The summed E-state index contributed by atoms with van der Waals surface area (Å²) in [6.07, 6.45) is 0.733. The van der Waals surface area contributed by atoms with Gasteiger partial charge < -0.3 is 4.57 Å². The van der Waals surface area contributed by atoms with Crippen LogP contribution in [0.2, 0.25) is 5.02 Å². The third-order valence-corrected chi connectivity index (χ3v) is 7.10. The number of fused-ring (bicyclic) bond motifs is 1. The van der Waals surface area contributed by atoms with E-state index in [1.807, 2.05) is 45.2 Å². The van der Waals surface area contributed by atoms with Gasteiger partial charge in [0.15, 0.2) is 0 Å². The molecule has 2 aromatic carbocycles. The highest BCUT2D eigenvalue weighted by Gasteiger charge is 2.29. The fourth-order valence-electron chi connectivity index (χ4n) is 3.08. The lowest BCUT2D eigenvalue weighted by Gasteiger charge is -2.28. The van der Waals surface area contributed by atoms with Crippen molar-refractivity contribution in [3.05, 3.63) is 65.3 Å². The molecule has 1 aromatic heterocycles. The molecule has 0 bridgehead atoms. The average molecular weight is 391 g/mol. The minimum Gasteiger partial charge on any atom is -0.346 e. The van der Waals surface area contributed by atoms with Crippen molar-refractivity contribution in [3.8, 4) is 0 Å². The monoisotopic (exact) mass is 390 g/mol. The number of sulfonamides is 1. The van der Waals surface area contributed by atoms with E-state index < -0.39 is 10.0 Å². The smallest absolute Gasteiger partial charge is 0.243 e. The number of para-hydroxylation sites is 1. The number of hydrogen-bond donors (Lipinski definition) is 0. The SMILES string of the molecule is CC[C@@H](C)N(Cc1cc2ccccc2n1C)S(=O)(=O)c1ccc(Cl)cc1. The Labute approximate surface area is 160 Å². The molecule has 1 atom stereocenters. The van der Waals surface area contributed by atoms with Crippen LogP contribution in [-0.2, 0) is 23.6 Å². The molecule has 0 aliphatic carbocycles. The van der Waals surface area contributed by atoms with Gasteiger partial charge in [-0.15, -0.1) is 0 Å². The molecule has 0 saturated carbocycles. The molecule has 138 valence electrons. The molecule has 0 saturated heterocycles. The van der Waals surface area contributed by atoms with E-state index in [-0.39, 0.29) is 10.9 Å². The maximum atomic E-state index is 13.2. The first kappa shape index (κ1) is 19.0. The molecule has 6 heteroatoms. The van der Waals surface area contributed by atoms with Crippen molar-refractivity contribution in [2.45, 2.75) is 37.8 Å². The Morgan fingerprint density at radius 3 is 2.38 bits per heavy atom. The molecular formula is C20H23ClN2O2S. The lowest BCUT2D eigenvalue weighted by molar-refractivity contribution is 0.317. The highest BCUT2D eigenvalue weighted by atomic mass is 35.5. The summed E-state index contributed by atoms with van der Waals surface area (Å²) < 4.78 is 30.1. The Morgan fingerprint density at radius 1 is 1.12 bits per heavy atom. The van der Waals surface area contributed by atoms with E-state index in [4.69, 9.17) is 11.6 Å². The molecule has 4 nitrogen and oxygen atoms in total. The van der Waals surface area contributed by atoms with Gasteiger partial charge in [-0.2, -0.15) is 4.31 Å². The van der Waals surface area contributed by atoms with Gasteiger partial charge in [-0.05, 0) is 55.1 Å². The van der Waals surface area contributed by atoms with Crippen molar-refractivity contribution in [1.29, 1.82) is 0 Å². The van der Waals surface area contributed by atoms with Gasteiger partial charge >= 0.3 is 0 Å². The number of nitrogens with zero attached hydrogens (tertiary/aromatic N) is 2. The minimum absolute atomic E-state index is 0.117. The van der Waals surface area contributed by atoms with Gasteiger partial charge in [-0.1, -0.05) is 36.7 Å². The third kappa shape index (κ3) is 3.52. The summed E-state index contributed by atoms with van der Waals surface area (Å²) in [4.78, 5) is 0.265. The van der Waals surface area contributed by atoms with Gasteiger partial charge in [0, 0.05) is 29.3 Å². The highest BCUT2D eigenvalue weighted by Crippen LogP contribution is 2.26. The third-order valence-electron chi connectivity index (χ3n) is 4.87. The standard InChI is InChI=1S/C20H23ClN2O2S/c1-4-15(2)23(26(24,25)19-11-9-17(21)10-12-19)14-18-13-16-7-5-6-8-20(16)22(18)3/h5-13,15H,4,14H2,1-3H3/t15-/m1/s1. The molecule has 3 rings (SSSR count). The summed E-state index contributed by atoms with van der Waals surface area (Å²) in [7, 11) is -1.65. The van der Waals surface area contributed by atoms with Gasteiger partial charge in [-0.25, -0.2) is 8.42 Å². The fraction of sp³-hybridized carbons (Fsp3) is 0.300. The van der Waals surface area contributed by atoms with E-state index in [0.29, 0.717) is 11.6 Å². The van der Waals surface area contributed by atoms with Crippen LogP contribution in [0.15, 0.2) is 59.5 Å². The quantitative estimate of drug-likeness (QED) is 0.605. The Bertz CT molecular complexity index is 1010. The molecule has 0 aliphatic heterocycles. The van der Waals surface area contributed by atoms with Crippen LogP contribution >= 0.6 is 11.6 Å². The van der Waals surface area contributed by atoms with Gasteiger partial charge in [0.2, 0.25) is 10.0 Å². The molecule has 0 fully saturated rings. The van der Waals surface area contributed by atoms with Crippen LogP contribution in [0.5, 0.6) is 0 Å². The molecule has 0 unspecified atom stereocenters. The first-order valence-electron chi connectivity index (χ1n) is 8.65. The van der Waals surface area contributed by atoms with Gasteiger partial charge in [0.1, 0.15) is 0 Å². The summed E-state index contributed by atoms with van der Waals surface area (Å²) in [6, 6.07) is 16.4. The maximum absolute atomic E-state index is 13.2. The van der Waals surface area contributed by atoms with Crippen molar-refractivity contribution in [2.75, 3.05) is 0 Å². The summed E-state index contributed by atoms with van der Waals surface area (Å²) in [5.41, 5.74) is 2.06. The molecule has 0 radical (unpaired) electrons. The summed E-state index contributed by atoms with van der Waals surface area (Å²) >= 11 is 5.92. The van der Waals surface area contributed by atoms with E-state index in [9.17, 15) is 8.42 Å². The number of aromatic nitrogens is 1. The molecule has 0 amide bonds. The fourth-order valence-corrected chi connectivity index (χ4v) is 4.88. The molecular weight excluding hydrogens is 368 g/mol. The van der Waals surface area contributed by atoms with Crippen LogP contribution in [0.3, 0.4) is 0 Å². The van der Waals surface area contributed by atoms with Crippen LogP contribution in [0.1, 0.15) is 26.0 Å². The van der Waals surface area contributed by atoms with Crippen molar-refractivity contribution in [1.82, 2.24) is 8.87 Å². The molecule has 26 heavy (non-hydrogen) atoms. The largest absolute Gasteiger partial charge is 0.346 e. The second kappa shape index (κ2) is 7.43. The van der Waals surface area contributed by atoms with Crippen LogP contribution in [0.4, 0.5) is 0 Å². The predicted octanol–water partition coefficient (Wildman–Crippen LogP) is 4.82. The van der Waals surface area contributed by atoms with E-state index in [2.05, 4.69) is 10.6 Å². The van der Waals surface area contributed by atoms with E-state index in [1.54, 1.807) is 28.6 Å². The Hall–Kier alpha value is -1.82. The zero-order valence-electron chi connectivity index (χ0n) is 15.2. The van der Waals surface area contributed by atoms with Crippen LogP contribution in [-0.4, -0.2) is 23.3 Å². The summed E-state index contributed by atoms with van der Waals surface area (Å²) in [5.74, 6) is 0. The zero-order valence-corrected chi connectivity index (χ0v) is 16.8. The normalized spacial score (nSPS) is 13.4. The number of rotatable bonds is 6. The molecule has 0 N–H and O–H groups in total. The molecule has 3 aromatic rings. The number of aryl methyl sites for hydroxylation is 1. The number of halogens is 1. The number of benzene rings is 2. The van der Waals surface area contributed by atoms with E-state index in [0.717, 1.165) is 23.0 Å². The van der Waals surface area contributed by atoms with E-state index >= 15 is 0 Å². The van der Waals surface area contributed by atoms with Crippen molar-refractivity contribution in [3.63, 3.8) is 0 Å². The average Bonchev–Trinajstić information content (AvgIpc) is 2.95. The van der Waals surface area contributed by atoms with Gasteiger partial charge in [0.25, 0.3) is 0 Å². The van der Waals surface area contributed by atoms with Crippen LogP contribution in [0.25, 0.3) is 10.9 Å².